The van der Waals surface area contributed by atoms with Crippen LogP contribution in [0.4, 0.5) is 16.0 Å². The van der Waals surface area contributed by atoms with Crippen LogP contribution in [0.5, 0.6) is 0 Å². The van der Waals surface area contributed by atoms with E-state index in [4.69, 9.17) is 33.3 Å². The molecule has 2 aromatic carbocycles. The van der Waals surface area contributed by atoms with Gasteiger partial charge in [-0.05, 0) is 54.7 Å². The predicted molar refractivity (Wildman–Crippen MR) is 132 cm³/mol. The highest BCUT2D eigenvalue weighted by atomic mass is 35.5. The van der Waals surface area contributed by atoms with Gasteiger partial charge < -0.3 is 4.90 Å². The molecular weight excluding hydrogens is 470 g/mol. The van der Waals surface area contributed by atoms with Crippen molar-refractivity contribution in [2.75, 3.05) is 4.90 Å². The zero-order valence-electron chi connectivity index (χ0n) is 18.3. The molecule has 0 spiro atoms. The van der Waals surface area contributed by atoms with E-state index in [1.54, 1.807) is 6.07 Å². The summed E-state index contributed by atoms with van der Waals surface area (Å²) in [5.41, 5.74) is 1.82. The summed E-state index contributed by atoms with van der Waals surface area (Å²) in [5.74, 6) is 1.94. The quantitative estimate of drug-likeness (QED) is 0.302. The largest absolute Gasteiger partial charge is 0.300 e. The standard InChI is InChI=1S/C24H27Cl2FN4.ClH/c1-3-13-30-23(4-2)28-24(29-30)31(21-12-9-18(25)15-20(21)26)22(14-16-5-6-16)17-7-10-19(27)11-8-17;/h7-12,15-16,22H,3-6,13-14H2,1-2H3;1H/t22-;/m0./s1. The molecule has 32 heavy (non-hydrogen) atoms. The zero-order chi connectivity index (χ0) is 22.0. The maximum absolute atomic E-state index is 13.7. The predicted octanol–water partition coefficient (Wildman–Crippen LogP) is 7.80. The number of rotatable bonds is 9. The molecule has 1 aromatic heterocycles. The molecule has 0 unspecified atom stereocenters. The summed E-state index contributed by atoms with van der Waals surface area (Å²) in [7, 11) is 0. The number of benzene rings is 2. The molecule has 0 N–H and O–H groups in total. The number of aryl methyl sites for hydroxylation is 2. The molecule has 1 atom stereocenters. The fourth-order valence-electron chi connectivity index (χ4n) is 3.95. The van der Waals surface area contributed by atoms with E-state index >= 15 is 0 Å². The van der Waals surface area contributed by atoms with E-state index in [2.05, 4.69) is 18.7 Å². The number of hydrogen-bond donors (Lipinski definition) is 0. The maximum Gasteiger partial charge on any atom is 0.250 e. The van der Waals surface area contributed by atoms with Crippen molar-refractivity contribution < 1.29 is 4.39 Å². The van der Waals surface area contributed by atoms with Gasteiger partial charge >= 0.3 is 0 Å². The Labute approximate surface area is 205 Å². The van der Waals surface area contributed by atoms with E-state index < -0.39 is 0 Å². The van der Waals surface area contributed by atoms with Crippen molar-refractivity contribution in [1.82, 2.24) is 14.8 Å². The molecule has 1 fully saturated rings. The highest BCUT2D eigenvalue weighted by Crippen LogP contribution is 2.45. The summed E-state index contributed by atoms with van der Waals surface area (Å²) in [6, 6.07) is 12.2. The highest BCUT2D eigenvalue weighted by molar-refractivity contribution is 6.36. The van der Waals surface area contributed by atoms with E-state index in [0.717, 1.165) is 42.9 Å². The lowest BCUT2D eigenvalue weighted by molar-refractivity contribution is 0.556. The van der Waals surface area contributed by atoms with Gasteiger partial charge in [0.15, 0.2) is 0 Å². The fraction of sp³-hybridized carbons (Fsp3) is 0.417. The fourth-order valence-corrected chi connectivity index (χ4v) is 4.45. The van der Waals surface area contributed by atoms with E-state index in [9.17, 15) is 4.39 Å². The van der Waals surface area contributed by atoms with Crippen LogP contribution in [0.25, 0.3) is 0 Å². The minimum absolute atomic E-state index is 0. The van der Waals surface area contributed by atoms with Gasteiger partial charge in [0.1, 0.15) is 11.6 Å². The molecule has 0 radical (unpaired) electrons. The smallest absolute Gasteiger partial charge is 0.250 e. The minimum Gasteiger partial charge on any atom is -0.300 e. The van der Waals surface area contributed by atoms with Gasteiger partial charge in [-0.2, -0.15) is 4.98 Å². The Bertz CT molecular complexity index is 1030. The molecule has 1 aliphatic carbocycles. The third-order valence-corrected chi connectivity index (χ3v) is 6.23. The molecule has 1 heterocycles. The molecule has 0 aliphatic heterocycles. The van der Waals surface area contributed by atoms with Crippen molar-refractivity contribution in [3.8, 4) is 0 Å². The maximum atomic E-state index is 13.7. The Morgan fingerprint density at radius 2 is 1.84 bits per heavy atom. The van der Waals surface area contributed by atoms with Gasteiger partial charge in [-0.3, -0.25) is 0 Å². The lowest BCUT2D eigenvalue weighted by atomic mass is 9.98. The van der Waals surface area contributed by atoms with Crippen LogP contribution in [0.1, 0.15) is 57.0 Å². The third-order valence-electron chi connectivity index (χ3n) is 5.69. The molecule has 0 saturated heterocycles. The van der Waals surface area contributed by atoms with Crippen LogP contribution in [0.15, 0.2) is 42.5 Å². The first-order chi connectivity index (χ1) is 15.0. The summed E-state index contributed by atoms with van der Waals surface area (Å²) < 4.78 is 15.7. The summed E-state index contributed by atoms with van der Waals surface area (Å²) in [6.07, 6.45) is 5.10. The van der Waals surface area contributed by atoms with Crippen LogP contribution < -0.4 is 4.90 Å². The lowest BCUT2D eigenvalue weighted by Crippen LogP contribution is -2.26. The van der Waals surface area contributed by atoms with Crippen LogP contribution in [0, 0.1) is 11.7 Å². The van der Waals surface area contributed by atoms with Gasteiger partial charge in [0.25, 0.3) is 0 Å². The van der Waals surface area contributed by atoms with Crippen LogP contribution in [0.2, 0.25) is 10.0 Å². The summed E-state index contributed by atoms with van der Waals surface area (Å²) in [6.45, 7) is 5.02. The second-order valence-electron chi connectivity index (χ2n) is 8.12. The van der Waals surface area contributed by atoms with E-state index in [1.807, 2.05) is 28.9 Å². The zero-order valence-corrected chi connectivity index (χ0v) is 20.6. The number of halogens is 4. The van der Waals surface area contributed by atoms with Crippen LogP contribution >= 0.6 is 35.6 Å². The Morgan fingerprint density at radius 1 is 1.12 bits per heavy atom. The lowest BCUT2D eigenvalue weighted by Gasteiger charge is -2.32. The summed E-state index contributed by atoms with van der Waals surface area (Å²) in [4.78, 5) is 7.00. The van der Waals surface area contributed by atoms with Crippen LogP contribution in [-0.4, -0.2) is 14.8 Å². The van der Waals surface area contributed by atoms with Gasteiger partial charge in [-0.25, -0.2) is 9.07 Å². The number of nitrogens with zero attached hydrogens (tertiary/aromatic N) is 4. The molecule has 1 saturated carbocycles. The molecule has 3 aromatic rings. The Morgan fingerprint density at radius 3 is 2.44 bits per heavy atom. The number of hydrogen-bond acceptors (Lipinski definition) is 3. The van der Waals surface area contributed by atoms with Gasteiger partial charge in [0.05, 0.1) is 16.8 Å². The molecule has 0 bridgehead atoms. The van der Waals surface area contributed by atoms with Crippen molar-refractivity contribution in [2.45, 2.75) is 58.5 Å². The molecular formula is C24H28Cl3FN4. The van der Waals surface area contributed by atoms with Crippen molar-refractivity contribution >= 4 is 47.2 Å². The summed E-state index contributed by atoms with van der Waals surface area (Å²) in [5, 5.41) is 5.99. The van der Waals surface area contributed by atoms with Crippen molar-refractivity contribution in [3.63, 3.8) is 0 Å². The molecule has 4 nitrogen and oxygen atoms in total. The molecule has 172 valence electrons. The first-order valence-electron chi connectivity index (χ1n) is 10.9. The monoisotopic (exact) mass is 496 g/mol. The van der Waals surface area contributed by atoms with E-state index in [1.165, 1.54) is 25.0 Å². The topological polar surface area (TPSA) is 34.0 Å². The van der Waals surface area contributed by atoms with Crippen LogP contribution in [0.3, 0.4) is 0 Å². The van der Waals surface area contributed by atoms with E-state index in [0.29, 0.717) is 21.9 Å². The Balaban J connectivity index is 0.00000289. The Kier molecular flexibility index (Phi) is 8.43. The van der Waals surface area contributed by atoms with Gasteiger partial charge in [-0.15, -0.1) is 17.5 Å². The number of aromatic nitrogens is 3. The van der Waals surface area contributed by atoms with Crippen molar-refractivity contribution in [1.29, 1.82) is 0 Å². The minimum atomic E-state index is -0.247. The van der Waals surface area contributed by atoms with Crippen molar-refractivity contribution in [2.24, 2.45) is 5.92 Å². The molecule has 8 heteroatoms. The van der Waals surface area contributed by atoms with E-state index in [-0.39, 0.29) is 24.3 Å². The second kappa shape index (κ2) is 10.9. The SMILES string of the molecule is CCCn1nc(N(c2ccc(Cl)cc2Cl)[C@@H](CC2CC2)c2ccc(F)cc2)nc1CC.Cl. The Hall–Kier alpha value is -1.82. The first-order valence-corrected chi connectivity index (χ1v) is 11.7. The highest BCUT2D eigenvalue weighted by Gasteiger charge is 2.33. The molecule has 4 rings (SSSR count). The van der Waals surface area contributed by atoms with Crippen molar-refractivity contribution in [3.05, 3.63) is 69.7 Å². The third kappa shape index (κ3) is 5.56. The van der Waals surface area contributed by atoms with Gasteiger partial charge in [0, 0.05) is 18.0 Å². The molecule has 0 amide bonds. The normalized spacial score (nSPS) is 14.2. The van der Waals surface area contributed by atoms with Gasteiger partial charge in [0.2, 0.25) is 5.95 Å². The average Bonchev–Trinajstić information content (AvgIpc) is 3.48. The second-order valence-corrected chi connectivity index (χ2v) is 8.96. The molecule has 1 aliphatic rings. The first kappa shape index (κ1) is 24.8. The van der Waals surface area contributed by atoms with Crippen LogP contribution in [-0.2, 0) is 13.0 Å². The average molecular weight is 498 g/mol. The number of anilines is 2. The summed E-state index contributed by atoms with van der Waals surface area (Å²) >= 11 is 12.9. The van der Waals surface area contributed by atoms with Gasteiger partial charge in [-0.1, -0.05) is 62.0 Å².